The molecule has 0 unspecified atom stereocenters. The van der Waals surface area contributed by atoms with Gasteiger partial charge in [0.2, 0.25) is 0 Å². The lowest BCUT2D eigenvalue weighted by Gasteiger charge is -2.37. The van der Waals surface area contributed by atoms with Gasteiger partial charge >= 0.3 is 5.97 Å². The Morgan fingerprint density at radius 1 is 1.47 bits per heavy atom. The zero-order valence-electron chi connectivity index (χ0n) is 10.7. The lowest BCUT2D eigenvalue weighted by molar-refractivity contribution is 0.00177. The SMILES string of the molecule is COc1ccc(C(=O)O)cc1[C@@]1(O)CCCC[C@H]1Cl. The Morgan fingerprint density at radius 3 is 2.79 bits per heavy atom. The van der Waals surface area contributed by atoms with E-state index in [0.717, 1.165) is 12.8 Å². The minimum absolute atomic E-state index is 0.124. The molecule has 1 fully saturated rings. The fourth-order valence-corrected chi connectivity index (χ4v) is 2.98. The summed E-state index contributed by atoms with van der Waals surface area (Å²) in [5.74, 6) is -0.561. The number of aromatic carboxylic acids is 1. The van der Waals surface area contributed by atoms with Crippen molar-refractivity contribution in [3.63, 3.8) is 0 Å². The van der Waals surface area contributed by atoms with Gasteiger partial charge in [0, 0.05) is 5.56 Å². The lowest BCUT2D eigenvalue weighted by Crippen LogP contribution is -2.39. The summed E-state index contributed by atoms with van der Waals surface area (Å²) in [5.41, 5.74) is -0.635. The van der Waals surface area contributed by atoms with Crippen LogP contribution in [0.15, 0.2) is 18.2 Å². The Kier molecular flexibility index (Phi) is 4.02. The number of carboxylic acids is 1. The second-order valence-corrected chi connectivity index (χ2v) is 5.38. The fourth-order valence-electron chi connectivity index (χ4n) is 2.60. The van der Waals surface area contributed by atoms with Crippen LogP contribution in [0.2, 0.25) is 0 Å². The van der Waals surface area contributed by atoms with Gasteiger partial charge in [-0.2, -0.15) is 0 Å². The summed E-state index contributed by atoms with van der Waals surface area (Å²) in [6, 6.07) is 4.48. The van der Waals surface area contributed by atoms with Gasteiger partial charge in [0.1, 0.15) is 11.4 Å². The number of alkyl halides is 1. The number of hydrogen-bond acceptors (Lipinski definition) is 3. The molecule has 2 atom stereocenters. The monoisotopic (exact) mass is 284 g/mol. The van der Waals surface area contributed by atoms with Crippen LogP contribution in [0.5, 0.6) is 5.75 Å². The number of carbonyl (C=O) groups is 1. The summed E-state index contributed by atoms with van der Waals surface area (Å²) in [5, 5.41) is 19.5. The molecule has 104 valence electrons. The van der Waals surface area contributed by atoms with Crippen molar-refractivity contribution in [2.24, 2.45) is 0 Å². The molecule has 1 saturated carbocycles. The van der Waals surface area contributed by atoms with Crippen molar-refractivity contribution in [1.29, 1.82) is 0 Å². The summed E-state index contributed by atoms with van der Waals surface area (Å²) >= 11 is 6.27. The Hall–Kier alpha value is -1.26. The first-order valence-corrected chi connectivity index (χ1v) is 6.71. The van der Waals surface area contributed by atoms with Gasteiger partial charge in [-0.3, -0.25) is 0 Å². The van der Waals surface area contributed by atoms with Crippen molar-refractivity contribution in [2.75, 3.05) is 7.11 Å². The van der Waals surface area contributed by atoms with Crippen LogP contribution in [0, 0.1) is 0 Å². The molecular formula is C14H17ClO4. The van der Waals surface area contributed by atoms with Crippen LogP contribution in [0.1, 0.15) is 41.6 Å². The molecule has 4 nitrogen and oxygen atoms in total. The molecule has 2 rings (SSSR count). The van der Waals surface area contributed by atoms with Crippen molar-refractivity contribution in [3.05, 3.63) is 29.3 Å². The first kappa shape index (κ1) is 14.2. The molecule has 0 aliphatic heterocycles. The topological polar surface area (TPSA) is 66.8 Å². The van der Waals surface area contributed by atoms with E-state index in [-0.39, 0.29) is 5.56 Å². The summed E-state index contributed by atoms with van der Waals surface area (Å²) < 4.78 is 5.24. The van der Waals surface area contributed by atoms with Crippen LogP contribution in [0.25, 0.3) is 0 Å². The predicted molar refractivity (Wildman–Crippen MR) is 72.0 cm³/mol. The molecule has 0 saturated heterocycles. The number of methoxy groups -OCH3 is 1. The van der Waals surface area contributed by atoms with E-state index in [1.54, 1.807) is 6.07 Å². The van der Waals surface area contributed by atoms with Crippen molar-refractivity contribution in [2.45, 2.75) is 36.7 Å². The van der Waals surface area contributed by atoms with Gasteiger partial charge in [-0.05, 0) is 31.0 Å². The zero-order valence-corrected chi connectivity index (χ0v) is 11.5. The Bertz CT molecular complexity index is 488. The van der Waals surface area contributed by atoms with Gasteiger partial charge in [0.05, 0.1) is 18.1 Å². The minimum atomic E-state index is -1.23. The van der Waals surface area contributed by atoms with Gasteiger partial charge in [-0.15, -0.1) is 11.6 Å². The van der Waals surface area contributed by atoms with E-state index >= 15 is 0 Å². The molecule has 1 aliphatic rings. The average molecular weight is 285 g/mol. The molecule has 1 aliphatic carbocycles. The fraction of sp³-hybridized carbons (Fsp3) is 0.500. The Morgan fingerprint density at radius 2 is 2.21 bits per heavy atom. The van der Waals surface area contributed by atoms with Crippen LogP contribution in [0.3, 0.4) is 0 Å². The predicted octanol–water partition coefficient (Wildman–Crippen LogP) is 2.76. The number of halogens is 1. The van der Waals surface area contributed by atoms with E-state index in [4.69, 9.17) is 21.4 Å². The molecule has 0 spiro atoms. The number of aliphatic hydroxyl groups is 1. The normalized spacial score (nSPS) is 27.0. The van der Waals surface area contributed by atoms with E-state index in [1.807, 2.05) is 0 Å². The molecule has 5 heteroatoms. The lowest BCUT2D eigenvalue weighted by atomic mass is 9.78. The summed E-state index contributed by atoms with van der Waals surface area (Å²) in [7, 11) is 1.49. The number of rotatable bonds is 3. The van der Waals surface area contributed by atoms with Gasteiger partial charge < -0.3 is 14.9 Å². The quantitative estimate of drug-likeness (QED) is 0.838. The number of benzene rings is 1. The number of ether oxygens (including phenoxy) is 1. The Balaban J connectivity index is 2.51. The van der Waals surface area contributed by atoms with Gasteiger partial charge in [0.15, 0.2) is 0 Å². The van der Waals surface area contributed by atoms with Crippen molar-refractivity contribution in [3.8, 4) is 5.75 Å². The van der Waals surface area contributed by atoms with Gasteiger partial charge in [0.25, 0.3) is 0 Å². The second kappa shape index (κ2) is 5.39. The van der Waals surface area contributed by atoms with E-state index in [1.165, 1.54) is 19.2 Å². The van der Waals surface area contributed by atoms with Crippen molar-refractivity contribution < 1.29 is 19.7 Å². The average Bonchev–Trinajstić information content (AvgIpc) is 2.41. The summed E-state index contributed by atoms with van der Waals surface area (Å²) in [4.78, 5) is 11.1. The highest BCUT2D eigenvalue weighted by Crippen LogP contribution is 2.44. The molecule has 1 aromatic carbocycles. The number of hydrogen-bond donors (Lipinski definition) is 2. The molecule has 19 heavy (non-hydrogen) atoms. The summed E-state index contributed by atoms with van der Waals surface area (Å²) in [6.07, 6.45) is 3.05. The molecule has 0 amide bonds. The molecule has 0 bridgehead atoms. The maximum atomic E-state index is 11.1. The van der Waals surface area contributed by atoms with Crippen LogP contribution in [-0.4, -0.2) is 28.7 Å². The second-order valence-electron chi connectivity index (χ2n) is 4.86. The van der Waals surface area contributed by atoms with Crippen LogP contribution < -0.4 is 4.74 Å². The highest BCUT2D eigenvalue weighted by Gasteiger charge is 2.41. The third kappa shape index (κ3) is 2.55. The van der Waals surface area contributed by atoms with Crippen molar-refractivity contribution in [1.82, 2.24) is 0 Å². The van der Waals surface area contributed by atoms with E-state index < -0.39 is 16.9 Å². The van der Waals surface area contributed by atoms with Crippen LogP contribution in [-0.2, 0) is 5.60 Å². The molecular weight excluding hydrogens is 268 g/mol. The Labute approximate surface area is 117 Å². The minimum Gasteiger partial charge on any atom is -0.496 e. The largest absolute Gasteiger partial charge is 0.496 e. The summed E-state index contributed by atoms with van der Waals surface area (Å²) in [6.45, 7) is 0. The third-order valence-electron chi connectivity index (χ3n) is 3.70. The third-order valence-corrected chi connectivity index (χ3v) is 4.28. The standard InChI is InChI=1S/C14H17ClO4/c1-19-11-6-5-9(13(16)17)8-10(11)14(18)7-3-2-4-12(14)15/h5-6,8,12,18H,2-4,7H2,1H3,(H,16,17)/t12-,14+/m1/s1. The maximum absolute atomic E-state index is 11.1. The van der Waals surface area contributed by atoms with Crippen LogP contribution >= 0.6 is 11.6 Å². The first-order chi connectivity index (χ1) is 8.99. The van der Waals surface area contributed by atoms with Crippen LogP contribution in [0.4, 0.5) is 0 Å². The smallest absolute Gasteiger partial charge is 0.335 e. The zero-order chi connectivity index (χ0) is 14.0. The van der Waals surface area contributed by atoms with Crippen molar-refractivity contribution >= 4 is 17.6 Å². The molecule has 2 N–H and O–H groups in total. The molecule has 0 heterocycles. The number of carboxylic acid groups (broad SMARTS) is 1. The maximum Gasteiger partial charge on any atom is 0.335 e. The molecule has 1 aromatic rings. The van der Waals surface area contributed by atoms with E-state index in [9.17, 15) is 9.90 Å². The molecule has 0 radical (unpaired) electrons. The van der Waals surface area contributed by atoms with Gasteiger partial charge in [-0.25, -0.2) is 4.79 Å². The highest BCUT2D eigenvalue weighted by molar-refractivity contribution is 6.21. The molecule has 0 aromatic heterocycles. The first-order valence-electron chi connectivity index (χ1n) is 6.27. The highest BCUT2D eigenvalue weighted by atomic mass is 35.5. The van der Waals surface area contributed by atoms with Gasteiger partial charge in [-0.1, -0.05) is 12.8 Å². The van der Waals surface area contributed by atoms with E-state index in [0.29, 0.717) is 24.2 Å². The van der Waals surface area contributed by atoms with E-state index in [2.05, 4.69) is 0 Å².